The summed E-state index contributed by atoms with van der Waals surface area (Å²) in [5.41, 5.74) is 0. The van der Waals surface area contributed by atoms with Gasteiger partial charge in [-0.15, -0.1) is 11.3 Å². The molecule has 0 radical (unpaired) electrons. The lowest BCUT2D eigenvalue weighted by atomic mass is 10.4. The van der Waals surface area contributed by atoms with Crippen LogP contribution in [0.3, 0.4) is 0 Å². The third-order valence-corrected chi connectivity index (χ3v) is 5.97. The molecular weight excluding hydrogens is 320 g/mol. The van der Waals surface area contributed by atoms with E-state index in [1.54, 1.807) is 0 Å². The Bertz CT molecular complexity index is 641. The van der Waals surface area contributed by atoms with Crippen LogP contribution in [-0.4, -0.2) is 46.1 Å². The second-order valence-corrected chi connectivity index (χ2v) is 9.91. The SMILES string of the molecule is CS(=O)(=O)CCS(=O)(=O)CC(=O)c1ccc(Cl)s1. The Balaban J connectivity index is 2.69. The average Bonchev–Trinajstić information content (AvgIpc) is 2.61. The second-order valence-electron chi connectivity index (χ2n) is 3.75. The highest BCUT2D eigenvalue weighted by Crippen LogP contribution is 2.22. The zero-order valence-electron chi connectivity index (χ0n) is 9.42. The highest BCUT2D eigenvalue weighted by atomic mass is 35.5. The van der Waals surface area contributed by atoms with Crippen molar-refractivity contribution in [2.45, 2.75) is 0 Å². The van der Waals surface area contributed by atoms with E-state index < -0.39 is 42.7 Å². The molecule has 0 amide bonds. The van der Waals surface area contributed by atoms with Crippen LogP contribution in [-0.2, 0) is 19.7 Å². The van der Waals surface area contributed by atoms with Crippen molar-refractivity contribution in [1.29, 1.82) is 0 Å². The number of sulfone groups is 2. The summed E-state index contributed by atoms with van der Waals surface area (Å²) in [5, 5.41) is 0. The first-order valence-corrected chi connectivity index (χ1v) is 9.83. The lowest BCUT2D eigenvalue weighted by Crippen LogP contribution is -2.23. The third kappa shape index (κ3) is 5.47. The lowest BCUT2D eigenvalue weighted by Gasteiger charge is -2.01. The van der Waals surface area contributed by atoms with E-state index in [0.717, 1.165) is 17.6 Å². The molecule has 1 rings (SSSR count). The summed E-state index contributed by atoms with van der Waals surface area (Å²) in [7, 11) is -7.08. The molecular formula is C9H11ClO5S3. The molecule has 1 aromatic rings. The van der Waals surface area contributed by atoms with E-state index in [2.05, 4.69) is 0 Å². The van der Waals surface area contributed by atoms with Gasteiger partial charge in [0.05, 0.1) is 20.7 Å². The van der Waals surface area contributed by atoms with Crippen LogP contribution < -0.4 is 0 Å². The van der Waals surface area contributed by atoms with Crippen molar-refractivity contribution < 1.29 is 21.6 Å². The van der Waals surface area contributed by atoms with Crippen molar-refractivity contribution in [2.75, 3.05) is 23.5 Å². The molecule has 0 aromatic carbocycles. The molecule has 0 saturated carbocycles. The molecule has 1 heterocycles. The minimum atomic E-state index is -3.72. The van der Waals surface area contributed by atoms with Crippen LogP contribution in [0.15, 0.2) is 12.1 Å². The van der Waals surface area contributed by atoms with E-state index in [1.165, 1.54) is 12.1 Å². The fraction of sp³-hybridized carbons (Fsp3) is 0.444. The molecule has 9 heteroatoms. The normalized spacial score (nSPS) is 12.6. The summed E-state index contributed by atoms with van der Waals surface area (Å²) in [6.07, 6.45) is 0.948. The van der Waals surface area contributed by atoms with E-state index in [1.807, 2.05) is 0 Å². The Hall–Kier alpha value is -0.440. The van der Waals surface area contributed by atoms with Gasteiger partial charge in [0.1, 0.15) is 15.6 Å². The van der Waals surface area contributed by atoms with Gasteiger partial charge in [-0.25, -0.2) is 16.8 Å². The summed E-state index contributed by atoms with van der Waals surface area (Å²) in [5.74, 6) is -2.29. The molecule has 0 atom stereocenters. The predicted molar refractivity (Wildman–Crippen MR) is 72.0 cm³/mol. The highest BCUT2D eigenvalue weighted by Gasteiger charge is 2.21. The second kappa shape index (κ2) is 5.68. The number of hydrogen-bond acceptors (Lipinski definition) is 6. The standard InChI is InChI=1S/C9H11ClO5S3/c1-17(12,13)4-5-18(14,15)6-7(11)8-2-3-9(10)16-8/h2-3H,4-6H2,1H3. The number of halogens is 1. The lowest BCUT2D eigenvalue weighted by molar-refractivity contribution is 0.102. The molecule has 102 valence electrons. The third-order valence-electron chi connectivity index (χ3n) is 1.96. The minimum Gasteiger partial charge on any atom is -0.292 e. The molecule has 0 aliphatic heterocycles. The monoisotopic (exact) mass is 330 g/mol. The highest BCUT2D eigenvalue weighted by molar-refractivity contribution is 7.95. The van der Waals surface area contributed by atoms with E-state index in [9.17, 15) is 21.6 Å². The summed E-state index contributed by atoms with van der Waals surface area (Å²) in [6, 6.07) is 2.95. The number of thiophene rings is 1. The Labute approximate surface area is 115 Å². The van der Waals surface area contributed by atoms with Gasteiger partial charge >= 0.3 is 0 Å². The number of carbonyl (C=O) groups excluding carboxylic acids is 1. The zero-order valence-corrected chi connectivity index (χ0v) is 12.6. The van der Waals surface area contributed by atoms with Gasteiger partial charge < -0.3 is 0 Å². The molecule has 0 aliphatic carbocycles. The van der Waals surface area contributed by atoms with Gasteiger partial charge in [-0.3, -0.25) is 4.79 Å². The van der Waals surface area contributed by atoms with E-state index in [-0.39, 0.29) is 4.88 Å². The summed E-state index contributed by atoms with van der Waals surface area (Å²) in [6.45, 7) is 0. The Morgan fingerprint density at radius 3 is 2.28 bits per heavy atom. The first-order valence-electron chi connectivity index (χ1n) is 4.76. The fourth-order valence-corrected chi connectivity index (χ4v) is 5.08. The number of Topliss-reactive ketones (excluding diaryl/α,β-unsaturated/α-hetero) is 1. The molecule has 0 aliphatic rings. The van der Waals surface area contributed by atoms with Crippen LogP contribution in [0.25, 0.3) is 0 Å². The van der Waals surface area contributed by atoms with E-state index in [4.69, 9.17) is 11.6 Å². The summed E-state index contributed by atoms with van der Waals surface area (Å²) in [4.78, 5) is 11.9. The maximum absolute atomic E-state index is 11.6. The Kier molecular flexibility index (Phi) is 4.93. The predicted octanol–water partition coefficient (Wildman–Crippen LogP) is 1.04. The maximum atomic E-state index is 11.6. The van der Waals surface area contributed by atoms with Gasteiger partial charge in [-0.2, -0.15) is 0 Å². The van der Waals surface area contributed by atoms with Crippen LogP contribution in [0.1, 0.15) is 9.67 Å². The molecule has 18 heavy (non-hydrogen) atoms. The molecule has 1 aromatic heterocycles. The fourth-order valence-electron chi connectivity index (χ4n) is 1.09. The van der Waals surface area contributed by atoms with Crippen molar-refractivity contribution in [1.82, 2.24) is 0 Å². The first kappa shape index (κ1) is 15.6. The zero-order chi connectivity index (χ0) is 14.0. The molecule has 5 nitrogen and oxygen atoms in total. The van der Waals surface area contributed by atoms with Crippen molar-refractivity contribution in [2.24, 2.45) is 0 Å². The average molecular weight is 331 g/mol. The van der Waals surface area contributed by atoms with Crippen LogP contribution >= 0.6 is 22.9 Å². The quantitative estimate of drug-likeness (QED) is 0.728. The van der Waals surface area contributed by atoms with Crippen molar-refractivity contribution >= 4 is 48.4 Å². The van der Waals surface area contributed by atoms with Gasteiger partial charge in [0.15, 0.2) is 15.6 Å². The molecule has 0 unspecified atom stereocenters. The Morgan fingerprint density at radius 2 is 1.83 bits per heavy atom. The van der Waals surface area contributed by atoms with Crippen LogP contribution in [0.5, 0.6) is 0 Å². The molecule has 0 bridgehead atoms. The topological polar surface area (TPSA) is 85.3 Å². The first-order chi connectivity index (χ1) is 8.09. The van der Waals surface area contributed by atoms with Gasteiger partial charge in [0, 0.05) is 6.26 Å². The molecule has 0 fully saturated rings. The van der Waals surface area contributed by atoms with Crippen LogP contribution in [0.2, 0.25) is 4.34 Å². The van der Waals surface area contributed by atoms with E-state index in [0.29, 0.717) is 4.34 Å². The van der Waals surface area contributed by atoms with Gasteiger partial charge in [-0.05, 0) is 12.1 Å². The Morgan fingerprint density at radius 1 is 1.22 bits per heavy atom. The van der Waals surface area contributed by atoms with Gasteiger partial charge in [0.2, 0.25) is 0 Å². The summed E-state index contributed by atoms with van der Waals surface area (Å²) >= 11 is 6.63. The number of carbonyl (C=O) groups is 1. The minimum absolute atomic E-state index is 0.253. The van der Waals surface area contributed by atoms with Gasteiger partial charge in [-0.1, -0.05) is 11.6 Å². The smallest absolute Gasteiger partial charge is 0.187 e. The van der Waals surface area contributed by atoms with Gasteiger partial charge in [0.25, 0.3) is 0 Å². The number of hydrogen-bond donors (Lipinski definition) is 0. The van der Waals surface area contributed by atoms with Crippen LogP contribution in [0.4, 0.5) is 0 Å². The molecule has 0 saturated heterocycles. The summed E-state index contributed by atoms with van der Waals surface area (Å²) < 4.78 is 45.2. The number of rotatable bonds is 6. The maximum Gasteiger partial charge on any atom is 0.187 e. The van der Waals surface area contributed by atoms with Crippen molar-refractivity contribution in [3.8, 4) is 0 Å². The largest absolute Gasteiger partial charge is 0.292 e. The van der Waals surface area contributed by atoms with Crippen molar-refractivity contribution in [3.05, 3.63) is 21.3 Å². The van der Waals surface area contributed by atoms with E-state index >= 15 is 0 Å². The van der Waals surface area contributed by atoms with Crippen molar-refractivity contribution in [3.63, 3.8) is 0 Å². The molecule has 0 N–H and O–H groups in total. The molecule has 0 spiro atoms. The van der Waals surface area contributed by atoms with Crippen LogP contribution in [0, 0.1) is 0 Å². The number of ketones is 1.